The van der Waals surface area contributed by atoms with Crippen LogP contribution in [-0.2, 0) is 4.79 Å². The van der Waals surface area contributed by atoms with Crippen LogP contribution in [0.2, 0.25) is 10.0 Å². The van der Waals surface area contributed by atoms with Gasteiger partial charge in [0, 0.05) is 11.4 Å². The lowest BCUT2D eigenvalue weighted by Gasteiger charge is -2.22. The Morgan fingerprint density at radius 1 is 1.42 bits per heavy atom. The number of carbonyl (C=O) groups excluding carboxylic acids is 1. The van der Waals surface area contributed by atoms with Crippen molar-refractivity contribution in [2.45, 2.75) is 26.2 Å². The Bertz CT molecular complexity index is 471. The van der Waals surface area contributed by atoms with Crippen molar-refractivity contribution in [2.75, 3.05) is 18.4 Å². The normalized spacial score (nSPS) is 19.2. The fraction of sp³-hybridized carbons (Fsp3) is 0.500. The molecule has 1 fully saturated rings. The Kier molecular flexibility index (Phi) is 5.08. The fourth-order valence-electron chi connectivity index (χ4n) is 2.30. The molecule has 0 bridgehead atoms. The molecule has 0 radical (unpaired) electrons. The number of hydrogen-bond donors (Lipinski definition) is 2. The Morgan fingerprint density at radius 3 is 2.89 bits per heavy atom. The van der Waals surface area contributed by atoms with Crippen LogP contribution in [0.4, 0.5) is 5.69 Å². The number of amides is 1. The van der Waals surface area contributed by atoms with Crippen LogP contribution in [-0.4, -0.2) is 19.0 Å². The van der Waals surface area contributed by atoms with Crippen LogP contribution < -0.4 is 10.6 Å². The molecule has 1 aliphatic heterocycles. The zero-order valence-electron chi connectivity index (χ0n) is 10.9. The summed E-state index contributed by atoms with van der Waals surface area (Å²) in [6.07, 6.45) is 2.76. The van der Waals surface area contributed by atoms with Gasteiger partial charge in [-0.3, -0.25) is 4.79 Å². The van der Waals surface area contributed by atoms with Crippen LogP contribution in [0.3, 0.4) is 0 Å². The number of rotatable bonds is 3. The molecule has 104 valence electrons. The molecule has 2 N–H and O–H groups in total. The highest BCUT2D eigenvalue weighted by Crippen LogP contribution is 2.29. The molecule has 2 rings (SSSR count). The quantitative estimate of drug-likeness (QED) is 0.895. The van der Waals surface area contributed by atoms with Crippen LogP contribution in [0.15, 0.2) is 12.1 Å². The second kappa shape index (κ2) is 6.60. The molecular weight excluding hydrogens is 283 g/mol. The van der Waals surface area contributed by atoms with Crippen LogP contribution in [0.5, 0.6) is 0 Å². The van der Waals surface area contributed by atoms with Gasteiger partial charge in [-0.2, -0.15) is 0 Å². The molecule has 1 atom stereocenters. The summed E-state index contributed by atoms with van der Waals surface area (Å²) >= 11 is 12.1. The number of aryl methyl sites for hydroxylation is 1. The molecule has 0 aromatic heterocycles. The number of benzene rings is 1. The molecule has 1 unspecified atom stereocenters. The highest BCUT2D eigenvalue weighted by Gasteiger charge is 2.17. The molecule has 1 aromatic carbocycles. The summed E-state index contributed by atoms with van der Waals surface area (Å²) in [5.41, 5.74) is 1.49. The summed E-state index contributed by atoms with van der Waals surface area (Å²) in [5.74, 6) is 0.406. The van der Waals surface area contributed by atoms with E-state index in [1.54, 1.807) is 12.1 Å². The van der Waals surface area contributed by atoms with Gasteiger partial charge >= 0.3 is 0 Å². The van der Waals surface area contributed by atoms with Crippen LogP contribution in [0.25, 0.3) is 0 Å². The second-order valence-electron chi connectivity index (χ2n) is 5.05. The largest absolute Gasteiger partial charge is 0.325 e. The summed E-state index contributed by atoms with van der Waals surface area (Å²) in [6.45, 7) is 3.85. The van der Waals surface area contributed by atoms with E-state index in [0.717, 1.165) is 31.5 Å². The van der Waals surface area contributed by atoms with Crippen molar-refractivity contribution in [1.82, 2.24) is 5.32 Å². The van der Waals surface area contributed by atoms with Crippen molar-refractivity contribution in [3.8, 4) is 0 Å². The van der Waals surface area contributed by atoms with Crippen molar-refractivity contribution in [1.29, 1.82) is 0 Å². The van der Waals surface area contributed by atoms with E-state index in [-0.39, 0.29) is 5.91 Å². The predicted octanol–water partition coefficient (Wildman–Crippen LogP) is 3.63. The Balaban J connectivity index is 1.96. The number of hydrogen-bond acceptors (Lipinski definition) is 2. The highest BCUT2D eigenvalue weighted by atomic mass is 35.5. The van der Waals surface area contributed by atoms with E-state index < -0.39 is 0 Å². The minimum absolute atomic E-state index is 0.00415. The third kappa shape index (κ3) is 4.10. The van der Waals surface area contributed by atoms with Gasteiger partial charge in [-0.25, -0.2) is 0 Å². The molecule has 1 saturated heterocycles. The molecule has 0 spiro atoms. The first-order valence-electron chi connectivity index (χ1n) is 6.52. The van der Waals surface area contributed by atoms with E-state index in [1.165, 1.54) is 0 Å². The summed E-state index contributed by atoms with van der Waals surface area (Å²) in [7, 11) is 0. The van der Waals surface area contributed by atoms with Crippen molar-refractivity contribution >= 4 is 34.8 Å². The first kappa shape index (κ1) is 14.6. The molecule has 1 heterocycles. The number of halogens is 2. The van der Waals surface area contributed by atoms with Crippen molar-refractivity contribution in [3.63, 3.8) is 0 Å². The number of carbonyl (C=O) groups is 1. The number of piperidine rings is 1. The topological polar surface area (TPSA) is 41.1 Å². The molecule has 5 heteroatoms. The zero-order valence-corrected chi connectivity index (χ0v) is 12.4. The van der Waals surface area contributed by atoms with Crippen molar-refractivity contribution < 1.29 is 4.79 Å². The average Bonchev–Trinajstić information content (AvgIpc) is 2.37. The third-order valence-corrected chi connectivity index (χ3v) is 4.12. The number of nitrogens with one attached hydrogen (secondary N) is 2. The van der Waals surface area contributed by atoms with Gasteiger partial charge in [-0.15, -0.1) is 0 Å². The molecular formula is C14H18Cl2N2O. The first-order valence-corrected chi connectivity index (χ1v) is 7.28. The SMILES string of the molecule is Cc1cc(Cl)c(NC(=O)CC2CCCNC2)cc1Cl. The van der Waals surface area contributed by atoms with Crippen LogP contribution in [0.1, 0.15) is 24.8 Å². The summed E-state index contributed by atoms with van der Waals surface area (Å²) in [4.78, 5) is 12.0. The Labute approximate surface area is 123 Å². The van der Waals surface area contributed by atoms with E-state index in [1.807, 2.05) is 6.92 Å². The zero-order chi connectivity index (χ0) is 13.8. The van der Waals surface area contributed by atoms with E-state index >= 15 is 0 Å². The maximum atomic E-state index is 12.0. The van der Waals surface area contributed by atoms with Gasteiger partial charge in [0.15, 0.2) is 0 Å². The molecule has 3 nitrogen and oxygen atoms in total. The van der Waals surface area contributed by atoms with Gasteiger partial charge in [0.1, 0.15) is 0 Å². The fourth-order valence-corrected chi connectivity index (χ4v) is 2.73. The predicted molar refractivity (Wildman–Crippen MR) is 80.0 cm³/mol. The maximum Gasteiger partial charge on any atom is 0.224 e. The molecule has 1 amide bonds. The smallest absolute Gasteiger partial charge is 0.224 e. The van der Waals surface area contributed by atoms with E-state index in [4.69, 9.17) is 23.2 Å². The van der Waals surface area contributed by atoms with E-state index in [2.05, 4.69) is 10.6 Å². The van der Waals surface area contributed by atoms with Crippen LogP contribution >= 0.6 is 23.2 Å². The highest BCUT2D eigenvalue weighted by molar-refractivity contribution is 6.36. The lowest BCUT2D eigenvalue weighted by Crippen LogP contribution is -2.32. The lowest BCUT2D eigenvalue weighted by atomic mass is 9.96. The van der Waals surface area contributed by atoms with Gasteiger partial charge in [0.2, 0.25) is 5.91 Å². The summed E-state index contributed by atoms with van der Waals surface area (Å²) < 4.78 is 0. The lowest BCUT2D eigenvalue weighted by molar-refractivity contribution is -0.117. The van der Waals surface area contributed by atoms with Crippen molar-refractivity contribution in [3.05, 3.63) is 27.7 Å². The van der Waals surface area contributed by atoms with Crippen molar-refractivity contribution in [2.24, 2.45) is 5.92 Å². The summed E-state index contributed by atoms with van der Waals surface area (Å²) in [6, 6.07) is 3.47. The standard InChI is InChI=1S/C14H18Cl2N2O/c1-9-5-12(16)13(7-11(9)15)18-14(19)6-10-3-2-4-17-8-10/h5,7,10,17H,2-4,6,8H2,1H3,(H,18,19). The van der Waals surface area contributed by atoms with Gasteiger partial charge in [-0.1, -0.05) is 23.2 Å². The van der Waals surface area contributed by atoms with Crippen LogP contribution in [0, 0.1) is 12.8 Å². The van der Waals surface area contributed by atoms with Gasteiger partial charge < -0.3 is 10.6 Å². The second-order valence-corrected chi connectivity index (χ2v) is 5.86. The Hall–Kier alpha value is -0.770. The maximum absolute atomic E-state index is 12.0. The molecule has 0 saturated carbocycles. The monoisotopic (exact) mass is 300 g/mol. The van der Waals surface area contributed by atoms with E-state index in [9.17, 15) is 4.79 Å². The Morgan fingerprint density at radius 2 is 2.21 bits per heavy atom. The minimum atomic E-state index is -0.00415. The molecule has 1 aliphatic rings. The molecule has 0 aliphatic carbocycles. The summed E-state index contributed by atoms with van der Waals surface area (Å²) in [5, 5.41) is 7.28. The number of anilines is 1. The molecule has 19 heavy (non-hydrogen) atoms. The minimum Gasteiger partial charge on any atom is -0.325 e. The van der Waals surface area contributed by atoms with Gasteiger partial charge in [-0.05, 0) is 56.5 Å². The third-order valence-electron chi connectivity index (χ3n) is 3.40. The van der Waals surface area contributed by atoms with E-state index in [0.29, 0.717) is 28.1 Å². The average molecular weight is 301 g/mol. The van der Waals surface area contributed by atoms with Gasteiger partial charge in [0.25, 0.3) is 0 Å². The van der Waals surface area contributed by atoms with Gasteiger partial charge in [0.05, 0.1) is 10.7 Å². The molecule has 1 aromatic rings. The first-order chi connectivity index (χ1) is 9.06.